The Morgan fingerprint density at radius 3 is 2.35 bits per heavy atom. The summed E-state index contributed by atoms with van der Waals surface area (Å²) in [7, 11) is 1.64. The van der Waals surface area contributed by atoms with Gasteiger partial charge in [-0.15, -0.1) is 0 Å². The van der Waals surface area contributed by atoms with Gasteiger partial charge in [-0.1, -0.05) is 39.8 Å². The van der Waals surface area contributed by atoms with Gasteiger partial charge in [0.15, 0.2) is 6.29 Å². The fraction of sp³-hybridized carbons (Fsp3) is 0.667. The average molecular weight is 364 g/mol. The fourth-order valence-electron chi connectivity index (χ4n) is 3.13. The molecule has 0 amide bonds. The lowest BCUT2D eigenvalue weighted by Gasteiger charge is -2.37. The van der Waals surface area contributed by atoms with Crippen LogP contribution < -0.4 is 4.74 Å². The maximum atomic E-state index is 11.4. The molecule has 1 fully saturated rings. The van der Waals surface area contributed by atoms with E-state index in [-0.39, 0.29) is 29.6 Å². The zero-order chi connectivity index (χ0) is 19.2. The first-order valence-corrected chi connectivity index (χ1v) is 9.27. The molecule has 3 atom stereocenters. The van der Waals surface area contributed by atoms with Crippen molar-refractivity contribution in [2.75, 3.05) is 20.3 Å². The highest BCUT2D eigenvalue weighted by Gasteiger charge is 2.32. The van der Waals surface area contributed by atoms with E-state index >= 15 is 0 Å². The Hall–Kier alpha value is -1.43. The number of carbonyl (C=O) groups is 1. The van der Waals surface area contributed by atoms with Gasteiger partial charge in [-0.2, -0.15) is 0 Å². The van der Waals surface area contributed by atoms with E-state index < -0.39 is 0 Å². The summed E-state index contributed by atoms with van der Waals surface area (Å²) in [6, 6.07) is 7.76. The van der Waals surface area contributed by atoms with Crippen LogP contribution in [0.5, 0.6) is 5.75 Å². The van der Waals surface area contributed by atoms with Crippen molar-refractivity contribution in [3.8, 4) is 5.75 Å². The summed E-state index contributed by atoms with van der Waals surface area (Å²) in [4.78, 5) is 11.4. The number of rotatable bonds is 9. The van der Waals surface area contributed by atoms with Crippen LogP contribution in [0.15, 0.2) is 24.3 Å². The van der Waals surface area contributed by atoms with Gasteiger partial charge in [-0.3, -0.25) is 0 Å². The van der Waals surface area contributed by atoms with Gasteiger partial charge >= 0.3 is 0 Å². The molecule has 0 spiro atoms. The predicted octanol–water partition coefficient (Wildman–Crippen LogP) is 3.84. The highest BCUT2D eigenvalue weighted by Crippen LogP contribution is 2.29. The molecule has 26 heavy (non-hydrogen) atoms. The highest BCUT2D eigenvalue weighted by molar-refractivity contribution is 5.53. The van der Waals surface area contributed by atoms with Crippen LogP contribution in [0.25, 0.3) is 0 Å². The van der Waals surface area contributed by atoms with Crippen LogP contribution in [-0.2, 0) is 25.6 Å². The molecule has 0 aliphatic carbocycles. The van der Waals surface area contributed by atoms with Gasteiger partial charge in [0.25, 0.3) is 0 Å². The topological polar surface area (TPSA) is 54.0 Å². The van der Waals surface area contributed by atoms with E-state index in [0.29, 0.717) is 26.2 Å². The summed E-state index contributed by atoms with van der Waals surface area (Å²) < 4.78 is 23.0. The Morgan fingerprint density at radius 1 is 1.19 bits per heavy atom. The van der Waals surface area contributed by atoms with Crippen molar-refractivity contribution in [3.05, 3.63) is 29.8 Å². The molecule has 0 bridgehead atoms. The fourth-order valence-corrected chi connectivity index (χ4v) is 3.13. The van der Waals surface area contributed by atoms with Crippen molar-refractivity contribution in [2.24, 2.45) is 17.3 Å². The molecule has 0 N–H and O–H groups in total. The smallest absolute Gasteiger partial charge is 0.157 e. The van der Waals surface area contributed by atoms with Crippen LogP contribution in [0, 0.1) is 17.3 Å². The molecular weight excluding hydrogens is 332 g/mol. The van der Waals surface area contributed by atoms with E-state index in [1.54, 1.807) is 7.11 Å². The third kappa shape index (κ3) is 6.08. The summed E-state index contributed by atoms with van der Waals surface area (Å²) in [5.74, 6) is 0.761. The number of ether oxygens (including phenoxy) is 4. The normalized spacial score (nSPS) is 21.0. The molecule has 1 aromatic carbocycles. The summed E-state index contributed by atoms with van der Waals surface area (Å²) >= 11 is 0. The van der Waals surface area contributed by atoms with Gasteiger partial charge in [0.1, 0.15) is 12.0 Å². The van der Waals surface area contributed by atoms with Gasteiger partial charge in [-0.05, 0) is 23.6 Å². The third-order valence-corrected chi connectivity index (χ3v) is 4.78. The van der Waals surface area contributed by atoms with Gasteiger partial charge in [0, 0.05) is 17.8 Å². The van der Waals surface area contributed by atoms with Crippen LogP contribution in [-0.4, -0.2) is 39.0 Å². The number of benzene rings is 1. The molecule has 1 saturated heterocycles. The number of hydrogen-bond donors (Lipinski definition) is 0. The van der Waals surface area contributed by atoms with Gasteiger partial charge in [0.05, 0.1) is 33.0 Å². The first-order valence-electron chi connectivity index (χ1n) is 9.27. The SMILES string of the molecule is COc1ccc(CO[C@H]([C@H](C)CC2OCC(C)(C)CO2)[C@@H](C)C=O)cc1. The lowest BCUT2D eigenvalue weighted by Crippen LogP contribution is -2.40. The largest absolute Gasteiger partial charge is 0.497 e. The van der Waals surface area contributed by atoms with Crippen LogP contribution in [0.1, 0.15) is 39.7 Å². The summed E-state index contributed by atoms with van der Waals surface area (Å²) in [5, 5.41) is 0. The minimum absolute atomic E-state index is 0.0556. The number of aldehydes is 1. The van der Waals surface area contributed by atoms with E-state index in [9.17, 15) is 4.79 Å². The average Bonchev–Trinajstić information content (AvgIpc) is 2.64. The second kappa shape index (κ2) is 9.49. The molecule has 0 unspecified atom stereocenters. The van der Waals surface area contributed by atoms with E-state index in [1.165, 1.54) is 0 Å². The highest BCUT2D eigenvalue weighted by atomic mass is 16.7. The molecule has 0 saturated carbocycles. The van der Waals surface area contributed by atoms with Crippen LogP contribution >= 0.6 is 0 Å². The Kier molecular flexibility index (Phi) is 7.62. The van der Waals surface area contributed by atoms with E-state index in [4.69, 9.17) is 18.9 Å². The van der Waals surface area contributed by atoms with E-state index in [2.05, 4.69) is 20.8 Å². The quantitative estimate of drug-likeness (QED) is 0.623. The lowest BCUT2D eigenvalue weighted by molar-refractivity contribution is -0.231. The Bertz CT molecular complexity index is 544. The molecule has 1 aromatic rings. The summed E-state index contributed by atoms with van der Waals surface area (Å²) in [6.07, 6.45) is 1.25. The molecule has 1 aliphatic rings. The van der Waals surface area contributed by atoms with Crippen molar-refractivity contribution in [1.82, 2.24) is 0 Å². The third-order valence-electron chi connectivity index (χ3n) is 4.78. The number of hydrogen-bond acceptors (Lipinski definition) is 5. The van der Waals surface area contributed by atoms with Crippen LogP contribution in [0.2, 0.25) is 0 Å². The predicted molar refractivity (Wildman–Crippen MR) is 100 cm³/mol. The summed E-state index contributed by atoms with van der Waals surface area (Å²) in [6.45, 7) is 10.1. The zero-order valence-electron chi connectivity index (χ0n) is 16.6. The van der Waals surface area contributed by atoms with E-state index in [1.807, 2.05) is 31.2 Å². The van der Waals surface area contributed by atoms with Gasteiger partial charge in [0.2, 0.25) is 0 Å². The molecule has 0 aromatic heterocycles. The second-order valence-electron chi connectivity index (χ2n) is 8.05. The Morgan fingerprint density at radius 2 is 1.81 bits per heavy atom. The van der Waals surface area contributed by atoms with E-state index in [0.717, 1.165) is 17.6 Å². The minimum atomic E-state index is -0.232. The molecule has 1 heterocycles. The monoisotopic (exact) mass is 364 g/mol. The first-order chi connectivity index (χ1) is 12.3. The molecule has 146 valence electrons. The zero-order valence-corrected chi connectivity index (χ0v) is 16.6. The lowest BCUT2D eigenvalue weighted by atomic mass is 9.90. The van der Waals surface area contributed by atoms with Crippen molar-refractivity contribution in [2.45, 2.75) is 53.1 Å². The van der Waals surface area contributed by atoms with Crippen molar-refractivity contribution in [1.29, 1.82) is 0 Å². The van der Waals surface area contributed by atoms with Crippen LogP contribution in [0.4, 0.5) is 0 Å². The number of carbonyl (C=O) groups excluding carboxylic acids is 1. The van der Waals surface area contributed by atoms with Crippen molar-refractivity contribution in [3.63, 3.8) is 0 Å². The van der Waals surface area contributed by atoms with Crippen LogP contribution in [0.3, 0.4) is 0 Å². The standard InChI is InChI=1S/C21H32O5/c1-15(10-19-25-13-21(3,4)14-26-19)20(16(2)11-22)24-12-17-6-8-18(23-5)9-7-17/h6-9,11,15-16,19-20H,10,12-14H2,1-5H3/t15-,16+,20-/m1/s1. The molecule has 5 nitrogen and oxygen atoms in total. The maximum Gasteiger partial charge on any atom is 0.157 e. The second-order valence-corrected chi connectivity index (χ2v) is 8.05. The Labute approximate surface area is 157 Å². The molecule has 2 rings (SSSR count). The first kappa shape index (κ1) is 20.9. The molecule has 0 radical (unpaired) electrons. The van der Waals surface area contributed by atoms with Crippen molar-refractivity contribution < 1.29 is 23.7 Å². The minimum Gasteiger partial charge on any atom is -0.497 e. The molecular formula is C21H32O5. The summed E-state index contributed by atoms with van der Waals surface area (Å²) in [5.41, 5.74) is 1.10. The molecule has 1 aliphatic heterocycles. The molecule has 5 heteroatoms. The van der Waals surface area contributed by atoms with Gasteiger partial charge in [-0.25, -0.2) is 0 Å². The maximum absolute atomic E-state index is 11.4. The Balaban J connectivity index is 1.91. The number of methoxy groups -OCH3 is 1. The van der Waals surface area contributed by atoms with Crippen molar-refractivity contribution >= 4 is 6.29 Å². The van der Waals surface area contributed by atoms with Gasteiger partial charge < -0.3 is 23.7 Å².